The van der Waals surface area contributed by atoms with Crippen LogP contribution in [0, 0.1) is 0 Å². The molecule has 1 atom stereocenters. The second kappa shape index (κ2) is 7.06. The van der Waals surface area contributed by atoms with E-state index in [0.29, 0.717) is 12.2 Å². The highest BCUT2D eigenvalue weighted by atomic mass is 35.5. The third-order valence-electron chi connectivity index (χ3n) is 2.97. The topological polar surface area (TPSA) is 82.5 Å². The first kappa shape index (κ1) is 15.3. The molecule has 0 aliphatic rings. The highest BCUT2D eigenvalue weighted by Crippen LogP contribution is 2.21. The van der Waals surface area contributed by atoms with Crippen LogP contribution in [0.4, 0.5) is 5.82 Å². The molecule has 5 nitrogen and oxygen atoms in total. The Morgan fingerprint density at radius 2 is 2.05 bits per heavy atom. The molecule has 1 heterocycles. The Labute approximate surface area is 127 Å². The van der Waals surface area contributed by atoms with Gasteiger partial charge >= 0.3 is 5.97 Å². The summed E-state index contributed by atoms with van der Waals surface area (Å²) in [6, 6.07) is 10.8. The lowest BCUT2D eigenvalue weighted by Crippen LogP contribution is -2.27. The smallest absolute Gasteiger partial charge is 0.337 e. The van der Waals surface area contributed by atoms with Crippen LogP contribution in [0.2, 0.25) is 5.02 Å². The third kappa shape index (κ3) is 4.18. The molecule has 0 bridgehead atoms. The molecule has 0 amide bonds. The lowest BCUT2D eigenvalue weighted by atomic mass is 10.1. The van der Waals surface area contributed by atoms with Crippen LogP contribution in [0.15, 0.2) is 42.6 Å². The van der Waals surface area contributed by atoms with Gasteiger partial charge in [-0.15, -0.1) is 0 Å². The molecule has 0 saturated carbocycles. The molecule has 3 N–H and O–H groups in total. The van der Waals surface area contributed by atoms with E-state index >= 15 is 0 Å². The summed E-state index contributed by atoms with van der Waals surface area (Å²) in [6.45, 7) is -0.0897. The van der Waals surface area contributed by atoms with Gasteiger partial charge in [0.1, 0.15) is 5.82 Å². The summed E-state index contributed by atoms with van der Waals surface area (Å²) in [6.07, 6.45) is 1.84. The van der Waals surface area contributed by atoms with Crippen molar-refractivity contribution in [2.75, 3.05) is 11.9 Å². The number of nitrogens with one attached hydrogen (secondary N) is 1. The Kier molecular flexibility index (Phi) is 5.14. The van der Waals surface area contributed by atoms with E-state index in [2.05, 4.69) is 10.3 Å². The lowest BCUT2D eigenvalue weighted by Gasteiger charge is -2.18. The minimum absolute atomic E-state index is 0.0224. The number of rotatable bonds is 6. The number of aromatic nitrogens is 1. The summed E-state index contributed by atoms with van der Waals surface area (Å²) < 4.78 is 0. The number of benzene rings is 1. The number of carbonyl (C=O) groups is 1. The number of halogens is 1. The summed E-state index contributed by atoms with van der Waals surface area (Å²) in [5.74, 6) is -0.726. The van der Waals surface area contributed by atoms with E-state index in [4.69, 9.17) is 16.7 Å². The molecule has 0 radical (unpaired) electrons. The third-order valence-corrected chi connectivity index (χ3v) is 3.26. The molecule has 2 aromatic rings. The maximum atomic E-state index is 10.8. The zero-order valence-corrected chi connectivity index (χ0v) is 11.9. The van der Waals surface area contributed by atoms with E-state index in [1.165, 1.54) is 12.3 Å². The van der Waals surface area contributed by atoms with Gasteiger partial charge in [-0.25, -0.2) is 9.78 Å². The van der Waals surface area contributed by atoms with Crippen molar-refractivity contribution >= 4 is 23.4 Å². The van der Waals surface area contributed by atoms with Crippen LogP contribution < -0.4 is 5.32 Å². The molecule has 110 valence electrons. The van der Waals surface area contributed by atoms with Gasteiger partial charge in [-0.05, 0) is 18.1 Å². The quantitative estimate of drug-likeness (QED) is 0.763. The van der Waals surface area contributed by atoms with Crippen molar-refractivity contribution in [3.8, 4) is 0 Å². The Balaban J connectivity index is 2.10. The number of nitrogens with zero attached hydrogens (tertiary/aromatic N) is 1. The van der Waals surface area contributed by atoms with Gasteiger partial charge in [0, 0.05) is 6.20 Å². The van der Waals surface area contributed by atoms with Crippen LogP contribution in [0.25, 0.3) is 0 Å². The van der Waals surface area contributed by atoms with Crippen LogP contribution in [0.5, 0.6) is 0 Å². The summed E-state index contributed by atoms with van der Waals surface area (Å²) >= 11 is 6.01. The molecule has 0 aliphatic heterocycles. The van der Waals surface area contributed by atoms with Crippen LogP contribution >= 0.6 is 11.6 Å². The van der Waals surface area contributed by atoms with Crippen molar-refractivity contribution in [3.63, 3.8) is 0 Å². The Hall–Kier alpha value is -2.11. The molecule has 6 heteroatoms. The SMILES string of the molecule is O=C(O)c1cnc(NC(CO)Cc2ccccc2)c(Cl)c1. The average molecular weight is 307 g/mol. The molecule has 0 spiro atoms. The van der Waals surface area contributed by atoms with Crippen LogP contribution in [0.3, 0.4) is 0 Å². The predicted octanol–water partition coefficient (Wildman–Crippen LogP) is 2.45. The first-order valence-corrected chi connectivity index (χ1v) is 6.78. The lowest BCUT2D eigenvalue weighted by molar-refractivity contribution is 0.0696. The number of hydrogen-bond donors (Lipinski definition) is 3. The Bertz CT molecular complexity index is 620. The van der Waals surface area contributed by atoms with E-state index in [9.17, 15) is 9.90 Å². The van der Waals surface area contributed by atoms with Crippen LogP contribution in [0.1, 0.15) is 15.9 Å². The number of anilines is 1. The normalized spacial score (nSPS) is 11.9. The minimum Gasteiger partial charge on any atom is -0.478 e. The van der Waals surface area contributed by atoms with Gasteiger partial charge in [-0.2, -0.15) is 0 Å². The number of aromatic carboxylic acids is 1. The van der Waals surface area contributed by atoms with Crippen molar-refractivity contribution in [1.29, 1.82) is 0 Å². The van der Waals surface area contributed by atoms with Crippen molar-refractivity contribution in [1.82, 2.24) is 4.98 Å². The molecular formula is C15H15ClN2O3. The maximum Gasteiger partial charge on any atom is 0.337 e. The molecule has 0 aliphatic carbocycles. The average Bonchev–Trinajstić information content (AvgIpc) is 2.49. The highest BCUT2D eigenvalue weighted by molar-refractivity contribution is 6.33. The van der Waals surface area contributed by atoms with Crippen molar-refractivity contribution in [2.45, 2.75) is 12.5 Å². The Morgan fingerprint density at radius 1 is 1.33 bits per heavy atom. The van der Waals surface area contributed by atoms with Crippen molar-refractivity contribution in [3.05, 3.63) is 58.7 Å². The molecule has 21 heavy (non-hydrogen) atoms. The van der Waals surface area contributed by atoms with Gasteiger partial charge in [0.25, 0.3) is 0 Å². The van der Waals surface area contributed by atoms with E-state index < -0.39 is 5.97 Å². The number of carboxylic acids is 1. The molecule has 0 saturated heterocycles. The number of pyridine rings is 1. The molecule has 0 fully saturated rings. The van der Waals surface area contributed by atoms with E-state index in [1.807, 2.05) is 30.3 Å². The summed E-state index contributed by atoms with van der Waals surface area (Å²) in [5.41, 5.74) is 1.09. The fourth-order valence-electron chi connectivity index (χ4n) is 1.91. The van der Waals surface area contributed by atoms with Gasteiger partial charge in [-0.1, -0.05) is 41.9 Å². The van der Waals surface area contributed by atoms with Gasteiger partial charge < -0.3 is 15.5 Å². The van der Waals surface area contributed by atoms with Crippen molar-refractivity contribution < 1.29 is 15.0 Å². The van der Waals surface area contributed by atoms with Gasteiger partial charge in [0.15, 0.2) is 0 Å². The van der Waals surface area contributed by atoms with E-state index in [-0.39, 0.29) is 23.2 Å². The van der Waals surface area contributed by atoms with E-state index in [1.54, 1.807) is 0 Å². The summed E-state index contributed by atoms with van der Waals surface area (Å²) in [5, 5.41) is 21.6. The second-order valence-electron chi connectivity index (χ2n) is 4.57. The monoisotopic (exact) mass is 306 g/mol. The van der Waals surface area contributed by atoms with Gasteiger partial charge in [0.05, 0.1) is 23.2 Å². The Morgan fingerprint density at radius 3 is 2.62 bits per heavy atom. The van der Waals surface area contributed by atoms with Crippen molar-refractivity contribution in [2.24, 2.45) is 0 Å². The zero-order valence-electron chi connectivity index (χ0n) is 11.2. The summed E-state index contributed by atoms with van der Waals surface area (Å²) in [7, 11) is 0. The molecule has 1 unspecified atom stereocenters. The fraction of sp³-hybridized carbons (Fsp3) is 0.200. The fourth-order valence-corrected chi connectivity index (χ4v) is 2.14. The first-order valence-electron chi connectivity index (χ1n) is 6.40. The van der Waals surface area contributed by atoms with Gasteiger partial charge in [0.2, 0.25) is 0 Å². The zero-order chi connectivity index (χ0) is 15.2. The van der Waals surface area contributed by atoms with Crippen LogP contribution in [-0.2, 0) is 6.42 Å². The second-order valence-corrected chi connectivity index (χ2v) is 4.98. The first-order chi connectivity index (χ1) is 10.1. The number of aliphatic hydroxyl groups excluding tert-OH is 1. The summed E-state index contributed by atoms with van der Waals surface area (Å²) in [4.78, 5) is 14.8. The minimum atomic E-state index is -1.08. The number of carboxylic acid groups (broad SMARTS) is 1. The number of hydrogen-bond acceptors (Lipinski definition) is 4. The molecule has 2 rings (SSSR count). The predicted molar refractivity (Wildman–Crippen MR) is 80.8 cm³/mol. The largest absolute Gasteiger partial charge is 0.478 e. The maximum absolute atomic E-state index is 10.8. The molecule has 1 aromatic carbocycles. The molecular weight excluding hydrogens is 292 g/mol. The standard InChI is InChI=1S/C15H15ClN2O3/c16-13-7-11(15(20)21)8-17-14(13)18-12(9-19)6-10-4-2-1-3-5-10/h1-5,7-8,12,19H,6,9H2,(H,17,18)(H,20,21). The van der Waals surface area contributed by atoms with E-state index in [0.717, 1.165) is 5.56 Å². The molecule has 1 aromatic heterocycles. The highest BCUT2D eigenvalue weighted by Gasteiger charge is 2.13. The van der Waals surface area contributed by atoms with Gasteiger partial charge in [-0.3, -0.25) is 0 Å². The number of aliphatic hydroxyl groups is 1. The van der Waals surface area contributed by atoms with Crippen LogP contribution in [-0.4, -0.2) is 33.8 Å².